The highest BCUT2D eigenvalue weighted by molar-refractivity contribution is 5.94. The zero-order valence-electron chi connectivity index (χ0n) is 9.57. The molecule has 0 fully saturated rings. The van der Waals surface area contributed by atoms with Gasteiger partial charge in [0.15, 0.2) is 0 Å². The molecule has 16 heavy (non-hydrogen) atoms. The third-order valence-electron chi connectivity index (χ3n) is 2.08. The number of benzene rings is 1. The minimum atomic E-state index is -0.472. The van der Waals surface area contributed by atoms with Crippen molar-refractivity contribution in [1.82, 2.24) is 10.2 Å². The predicted molar refractivity (Wildman–Crippen MR) is 61.3 cm³/mol. The number of rotatable bonds is 1. The van der Waals surface area contributed by atoms with Gasteiger partial charge in [0.2, 0.25) is 0 Å². The van der Waals surface area contributed by atoms with Gasteiger partial charge in [0, 0.05) is 5.39 Å². The van der Waals surface area contributed by atoms with Gasteiger partial charge in [-0.2, -0.15) is 5.10 Å². The monoisotopic (exact) mass is 218 g/mol. The van der Waals surface area contributed by atoms with E-state index in [4.69, 9.17) is 4.74 Å². The molecule has 0 unspecified atom stereocenters. The molecular formula is C12H14N2O2. The Morgan fingerprint density at radius 1 is 1.38 bits per heavy atom. The van der Waals surface area contributed by atoms with Gasteiger partial charge in [0.25, 0.3) is 0 Å². The third kappa shape index (κ3) is 2.21. The number of carbonyl (C=O) groups excluding carboxylic acids is 1. The van der Waals surface area contributed by atoms with Crippen LogP contribution < -0.4 is 0 Å². The highest BCUT2D eigenvalue weighted by Crippen LogP contribution is 2.16. The molecule has 0 aliphatic heterocycles. The van der Waals surface area contributed by atoms with E-state index in [1.165, 1.54) is 0 Å². The fourth-order valence-corrected chi connectivity index (χ4v) is 1.40. The van der Waals surface area contributed by atoms with Crippen LogP contribution in [0.25, 0.3) is 10.9 Å². The smallest absolute Gasteiger partial charge is 0.338 e. The van der Waals surface area contributed by atoms with E-state index in [2.05, 4.69) is 10.2 Å². The molecule has 0 aliphatic carbocycles. The Kier molecular flexibility index (Phi) is 2.42. The summed E-state index contributed by atoms with van der Waals surface area (Å²) in [5, 5.41) is 7.70. The SMILES string of the molecule is CC(C)(C)OC(=O)c1ccc2cn[nH]c2c1. The molecule has 4 nitrogen and oxygen atoms in total. The Morgan fingerprint density at radius 3 is 2.81 bits per heavy atom. The minimum absolute atomic E-state index is 0.316. The normalized spacial score (nSPS) is 11.7. The first-order chi connectivity index (χ1) is 7.46. The Morgan fingerprint density at radius 2 is 2.12 bits per heavy atom. The Bertz CT molecular complexity index is 523. The first kappa shape index (κ1) is 10.7. The Hall–Kier alpha value is -1.84. The number of carbonyl (C=O) groups is 1. The summed E-state index contributed by atoms with van der Waals surface area (Å²) >= 11 is 0. The lowest BCUT2D eigenvalue weighted by atomic mass is 10.1. The van der Waals surface area contributed by atoms with Gasteiger partial charge in [-0.3, -0.25) is 5.10 Å². The summed E-state index contributed by atoms with van der Waals surface area (Å²) in [6, 6.07) is 5.33. The molecule has 0 amide bonds. The molecule has 1 aromatic carbocycles. The molecule has 1 aromatic heterocycles. The summed E-state index contributed by atoms with van der Waals surface area (Å²) in [6.45, 7) is 5.54. The number of fused-ring (bicyclic) bond motifs is 1. The van der Waals surface area contributed by atoms with Crippen molar-refractivity contribution in [2.24, 2.45) is 0 Å². The summed E-state index contributed by atoms with van der Waals surface area (Å²) in [7, 11) is 0. The molecule has 0 spiro atoms. The van der Waals surface area contributed by atoms with Crippen LogP contribution in [0.4, 0.5) is 0 Å². The fourth-order valence-electron chi connectivity index (χ4n) is 1.40. The molecule has 0 saturated heterocycles. The molecule has 0 atom stereocenters. The van der Waals surface area contributed by atoms with Gasteiger partial charge >= 0.3 is 5.97 Å². The number of aromatic nitrogens is 2. The summed E-state index contributed by atoms with van der Waals surface area (Å²) in [4.78, 5) is 11.8. The van der Waals surface area contributed by atoms with Gasteiger partial charge in [-0.25, -0.2) is 4.79 Å². The molecule has 2 rings (SSSR count). The molecule has 0 radical (unpaired) electrons. The summed E-state index contributed by atoms with van der Waals surface area (Å²) in [5.74, 6) is -0.316. The van der Waals surface area contributed by atoms with E-state index in [9.17, 15) is 4.79 Å². The zero-order valence-corrected chi connectivity index (χ0v) is 9.57. The molecule has 84 valence electrons. The van der Waals surface area contributed by atoms with Crippen molar-refractivity contribution in [2.75, 3.05) is 0 Å². The highest BCUT2D eigenvalue weighted by atomic mass is 16.6. The average molecular weight is 218 g/mol. The average Bonchev–Trinajstić information content (AvgIpc) is 2.61. The maximum absolute atomic E-state index is 11.8. The van der Waals surface area contributed by atoms with Crippen LogP contribution in [-0.4, -0.2) is 21.8 Å². The van der Waals surface area contributed by atoms with E-state index in [0.29, 0.717) is 5.56 Å². The number of nitrogens with one attached hydrogen (secondary N) is 1. The lowest BCUT2D eigenvalue weighted by Gasteiger charge is -2.19. The van der Waals surface area contributed by atoms with Crippen LogP contribution in [0.1, 0.15) is 31.1 Å². The second kappa shape index (κ2) is 3.63. The lowest BCUT2D eigenvalue weighted by Crippen LogP contribution is -2.23. The van der Waals surface area contributed by atoms with Crippen LogP contribution in [0.2, 0.25) is 0 Å². The van der Waals surface area contributed by atoms with Crippen molar-refractivity contribution in [3.63, 3.8) is 0 Å². The Balaban J connectivity index is 2.29. The van der Waals surface area contributed by atoms with Gasteiger partial charge in [-0.15, -0.1) is 0 Å². The summed E-state index contributed by atoms with van der Waals surface area (Å²) in [5.41, 5.74) is 0.898. The van der Waals surface area contributed by atoms with Crippen molar-refractivity contribution in [2.45, 2.75) is 26.4 Å². The van der Waals surface area contributed by atoms with Crippen molar-refractivity contribution >= 4 is 16.9 Å². The molecule has 0 aliphatic rings. The second-order valence-electron chi connectivity index (χ2n) is 4.67. The van der Waals surface area contributed by atoms with E-state index < -0.39 is 5.60 Å². The first-order valence-electron chi connectivity index (χ1n) is 5.12. The molecule has 1 heterocycles. The third-order valence-corrected chi connectivity index (χ3v) is 2.08. The number of ether oxygens (including phenoxy) is 1. The summed E-state index contributed by atoms with van der Waals surface area (Å²) < 4.78 is 5.28. The number of aromatic amines is 1. The zero-order chi connectivity index (χ0) is 11.8. The quantitative estimate of drug-likeness (QED) is 0.748. The fraction of sp³-hybridized carbons (Fsp3) is 0.333. The van der Waals surface area contributed by atoms with E-state index in [1.807, 2.05) is 26.8 Å². The van der Waals surface area contributed by atoms with Gasteiger partial charge in [0.05, 0.1) is 17.3 Å². The largest absolute Gasteiger partial charge is 0.456 e. The topological polar surface area (TPSA) is 55.0 Å². The number of hydrogen-bond donors (Lipinski definition) is 1. The maximum Gasteiger partial charge on any atom is 0.338 e. The molecule has 4 heteroatoms. The van der Waals surface area contributed by atoms with Gasteiger partial charge in [-0.05, 0) is 32.9 Å². The second-order valence-corrected chi connectivity index (χ2v) is 4.67. The van der Waals surface area contributed by atoms with Crippen LogP contribution in [0, 0.1) is 0 Å². The van der Waals surface area contributed by atoms with Crippen molar-refractivity contribution in [1.29, 1.82) is 0 Å². The van der Waals surface area contributed by atoms with Crippen molar-refractivity contribution in [3.05, 3.63) is 30.0 Å². The van der Waals surface area contributed by atoms with Crippen LogP contribution in [0.15, 0.2) is 24.4 Å². The summed E-state index contributed by atoms with van der Waals surface area (Å²) in [6.07, 6.45) is 1.72. The maximum atomic E-state index is 11.8. The Labute approximate surface area is 93.6 Å². The number of esters is 1. The van der Waals surface area contributed by atoms with Crippen molar-refractivity contribution < 1.29 is 9.53 Å². The van der Waals surface area contributed by atoms with E-state index >= 15 is 0 Å². The van der Waals surface area contributed by atoms with Crippen LogP contribution in [-0.2, 0) is 4.74 Å². The van der Waals surface area contributed by atoms with Gasteiger partial charge < -0.3 is 4.74 Å². The van der Waals surface area contributed by atoms with E-state index in [-0.39, 0.29) is 5.97 Å². The first-order valence-corrected chi connectivity index (χ1v) is 5.12. The number of H-pyrrole nitrogens is 1. The lowest BCUT2D eigenvalue weighted by molar-refractivity contribution is 0.00697. The molecule has 1 N–H and O–H groups in total. The molecular weight excluding hydrogens is 204 g/mol. The highest BCUT2D eigenvalue weighted by Gasteiger charge is 2.18. The standard InChI is InChI=1S/C12H14N2O2/c1-12(2,3)16-11(15)8-4-5-9-7-13-14-10(9)6-8/h4-7H,1-3H3,(H,13,14). The predicted octanol–water partition coefficient (Wildman–Crippen LogP) is 2.52. The van der Waals surface area contributed by atoms with Crippen LogP contribution in [0.3, 0.4) is 0 Å². The van der Waals surface area contributed by atoms with Crippen LogP contribution >= 0.6 is 0 Å². The molecule has 0 saturated carbocycles. The molecule has 2 aromatic rings. The number of nitrogens with zero attached hydrogens (tertiary/aromatic N) is 1. The molecule has 0 bridgehead atoms. The van der Waals surface area contributed by atoms with Crippen molar-refractivity contribution in [3.8, 4) is 0 Å². The van der Waals surface area contributed by atoms with E-state index in [0.717, 1.165) is 10.9 Å². The van der Waals surface area contributed by atoms with Gasteiger partial charge in [-0.1, -0.05) is 6.07 Å². The van der Waals surface area contributed by atoms with E-state index in [1.54, 1.807) is 18.3 Å². The minimum Gasteiger partial charge on any atom is -0.456 e. The van der Waals surface area contributed by atoms with Crippen LogP contribution in [0.5, 0.6) is 0 Å². The van der Waals surface area contributed by atoms with Gasteiger partial charge in [0.1, 0.15) is 5.60 Å². The number of hydrogen-bond acceptors (Lipinski definition) is 3.